The molecule has 4 heterocycles. The highest BCUT2D eigenvalue weighted by atomic mass is 35.5. The third-order valence-corrected chi connectivity index (χ3v) is 8.81. The van der Waals surface area contributed by atoms with Crippen molar-refractivity contribution in [3.05, 3.63) is 154 Å². The van der Waals surface area contributed by atoms with Gasteiger partial charge in [-0.3, -0.25) is 15.0 Å². The minimum absolute atomic E-state index is 0.249. The molecule has 0 aliphatic carbocycles. The minimum atomic E-state index is -1.49. The number of nitrogens with zero attached hydrogens (tertiary/aromatic N) is 8. The van der Waals surface area contributed by atoms with Gasteiger partial charge in [0.15, 0.2) is 10.8 Å². The van der Waals surface area contributed by atoms with Gasteiger partial charge >= 0.3 is 7.12 Å². The summed E-state index contributed by atoms with van der Waals surface area (Å²) in [6.45, 7) is 6.64. The Morgan fingerprint density at radius 3 is 1.82 bits per heavy atom. The maximum Gasteiger partial charge on any atom is 0.487 e. The van der Waals surface area contributed by atoms with Gasteiger partial charge in [-0.15, -0.1) is 0 Å². The van der Waals surface area contributed by atoms with Crippen LogP contribution in [-0.4, -0.2) is 47.1 Å². The summed E-state index contributed by atoms with van der Waals surface area (Å²) in [4.78, 5) is 28.8. The van der Waals surface area contributed by atoms with Crippen LogP contribution >= 0.6 is 34.8 Å². The van der Waals surface area contributed by atoms with E-state index in [9.17, 15) is 0 Å². The first-order chi connectivity index (χ1) is 27.0. The largest absolute Gasteiger partial charge is 0.487 e. The van der Waals surface area contributed by atoms with E-state index in [0.29, 0.717) is 49.7 Å². The number of pyridine rings is 2. The second kappa shape index (κ2) is 17.6. The fraction of sp³-hybridized carbons (Fsp3) is 0. The summed E-state index contributed by atoms with van der Waals surface area (Å²) < 4.78 is 0. The zero-order valence-electron chi connectivity index (χ0n) is 28.9. The van der Waals surface area contributed by atoms with Crippen LogP contribution in [0.25, 0.3) is 60.4 Å². The van der Waals surface area contributed by atoms with Crippen molar-refractivity contribution in [2.75, 3.05) is 11.5 Å². The maximum absolute atomic E-state index is 9.17. The maximum atomic E-state index is 9.17. The van der Waals surface area contributed by atoms with Crippen molar-refractivity contribution in [1.82, 2.24) is 29.9 Å². The third-order valence-electron chi connectivity index (χ3n) is 7.97. The van der Waals surface area contributed by atoms with E-state index in [1.54, 1.807) is 54.9 Å². The number of nitrogen functional groups attached to an aromatic ring is 2. The molecule has 0 unspecified atom stereocenters. The number of nitrogens with two attached hydrogens (primary N) is 2. The molecule has 0 aliphatic rings. The molecule has 0 radical (unpaired) electrons. The van der Waals surface area contributed by atoms with E-state index >= 15 is 0 Å². The number of rotatable bonds is 4. The first-order valence-corrected chi connectivity index (χ1v) is 17.5. The SMILES string of the molecule is N#Cc1cccc(-c2nc(N)cnc2-c2cc(Cl)c3ncccc3c2)c1.Nc1cnc(-c2cc(Cl)c3ncccc3c2)c(Cl)n1.[C-]#[N+]c1cccc(B(O)O)c1. The van der Waals surface area contributed by atoms with Crippen LogP contribution in [0.4, 0.5) is 17.3 Å². The fourth-order valence-corrected chi connectivity index (χ4v) is 6.25. The van der Waals surface area contributed by atoms with Gasteiger partial charge in [-0.25, -0.2) is 19.8 Å². The second-order valence-electron chi connectivity index (χ2n) is 11.8. The number of anilines is 2. The summed E-state index contributed by atoms with van der Waals surface area (Å²) in [5.74, 6) is 0.585. The van der Waals surface area contributed by atoms with Crippen LogP contribution in [0.3, 0.4) is 0 Å². The number of hydrogen-bond acceptors (Lipinski definition) is 11. The van der Waals surface area contributed by atoms with E-state index in [2.05, 4.69) is 40.8 Å². The predicted octanol–water partition coefficient (Wildman–Crippen LogP) is 7.96. The molecule has 0 aliphatic heterocycles. The molecule has 16 heteroatoms. The van der Waals surface area contributed by atoms with Crippen molar-refractivity contribution in [2.24, 2.45) is 0 Å². The molecular weight excluding hydrogens is 770 g/mol. The van der Waals surface area contributed by atoms with Crippen LogP contribution in [0, 0.1) is 17.9 Å². The van der Waals surface area contributed by atoms with E-state index in [-0.39, 0.29) is 11.0 Å². The molecule has 4 aromatic heterocycles. The Labute approximate surface area is 335 Å². The number of aromatic nitrogens is 6. The van der Waals surface area contributed by atoms with E-state index in [1.807, 2.05) is 48.5 Å². The molecule has 0 spiro atoms. The van der Waals surface area contributed by atoms with Crippen LogP contribution < -0.4 is 16.9 Å². The highest BCUT2D eigenvalue weighted by Crippen LogP contribution is 2.35. The van der Waals surface area contributed by atoms with Gasteiger partial charge < -0.3 is 21.5 Å². The zero-order chi connectivity index (χ0) is 39.8. The Hall–Kier alpha value is -6.71. The highest BCUT2D eigenvalue weighted by molar-refractivity contribution is 6.58. The number of halogens is 3. The molecule has 0 atom stereocenters. The smallest absolute Gasteiger partial charge is 0.423 e. The average Bonchev–Trinajstić information content (AvgIpc) is 3.21. The summed E-state index contributed by atoms with van der Waals surface area (Å²) >= 11 is 18.7. The molecule has 0 saturated heterocycles. The van der Waals surface area contributed by atoms with Gasteiger partial charge in [0.25, 0.3) is 0 Å². The van der Waals surface area contributed by atoms with Crippen LogP contribution in [0.15, 0.2) is 122 Å². The lowest BCUT2D eigenvalue weighted by Crippen LogP contribution is -2.29. The monoisotopic (exact) mass is 794 g/mol. The third kappa shape index (κ3) is 9.14. The van der Waals surface area contributed by atoms with Crippen molar-refractivity contribution in [3.8, 4) is 39.8 Å². The number of fused-ring (bicyclic) bond motifs is 2. The van der Waals surface area contributed by atoms with Crippen molar-refractivity contribution >= 4 is 86.5 Å². The summed E-state index contributed by atoms with van der Waals surface area (Å²) in [7, 11) is -1.49. The van der Waals surface area contributed by atoms with Crippen LogP contribution in [-0.2, 0) is 0 Å². The van der Waals surface area contributed by atoms with Gasteiger partial charge in [-0.1, -0.05) is 83.3 Å². The Balaban J connectivity index is 0.000000155. The highest BCUT2D eigenvalue weighted by Gasteiger charge is 2.15. The Morgan fingerprint density at radius 2 is 1.23 bits per heavy atom. The lowest BCUT2D eigenvalue weighted by Gasteiger charge is -2.11. The summed E-state index contributed by atoms with van der Waals surface area (Å²) in [5.41, 5.74) is 18.3. The van der Waals surface area contributed by atoms with Gasteiger partial charge in [0.05, 0.1) is 63.1 Å². The number of nitriles is 1. The second-order valence-corrected chi connectivity index (χ2v) is 12.9. The number of benzene rings is 4. The molecule has 4 aromatic carbocycles. The Kier molecular flexibility index (Phi) is 12.3. The van der Waals surface area contributed by atoms with Crippen LogP contribution in [0.5, 0.6) is 0 Å². The summed E-state index contributed by atoms with van der Waals surface area (Å²) in [6, 6.07) is 30.6. The molecule has 56 heavy (non-hydrogen) atoms. The van der Waals surface area contributed by atoms with Gasteiger partial charge in [-0.05, 0) is 54.0 Å². The minimum Gasteiger partial charge on any atom is -0.423 e. The van der Waals surface area contributed by atoms with E-state index in [0.717, 1.165) is 38.5 Å². The lowest BCUT2D eigenvalue weighted by atomic mass is 9.80. The molecule has 0 bridgehead atoms. The summed E-state index contributed by atoms with van der Waals surface area (Å²) in [6.07, 6.45) is 6.37. The predicted molar refractivity (Wildman–Crippen MR) is 222 cm³/mol. The molecule has 0 fully saturated rings. The zero-order valence-corrected chi connectivity index (χ0v) is 31.2. The first kappa shape index (κ1) is 39.0. The van der Waals surface area contributed by atoms with Crippen molar-refractivity contribution < 1.29 is 10.0 Å². The summed E-state index contributed by atoms with van der Waals surface area (Å²) in [5, 5.41) is 29.7. The fourth-order valence-electron chi connectivity index (χ4n) is 5.45. The Bertz CT molecular complexity index is 2810. The molecular formula is C40H26BCl3N10O2. The van der Waals surface area contributed by atoms with Gasteiger partial charge in [0.2, 0.25) is 0 Å². The van der Waals surface area contributed by atoms with Crippen molar-refractivity contribution in [1.29, 1.82) is 5.26 Å². The quantitative estimate of drug-likeness (QED) is 0.0996. The Morgan fingerprint density at radius 1 is 0.643 bits per heavy atom. The van der Waals surface area contributed by atoms with Gasteiger partial charge in [-0.2, -0.15) is 5.26 Å². The average molecular weight is 796 g/mol. The molecule has 12 nitrogen and oxygen atoms in total. The molecule has 0 amide bonds. The van der Waals surface area contributed by atoms with Crippen molar-refractivity contribution in [3.63, 3.8) is 0 Å². The normalized spacial score (nSPS) is 10.3. The van der Waals surface area contributed by atoms with Crippen LogP contribution in [0.2, 0.25) is 15.2 Å². The van der Waals surface area contributed by atoms with Gasteiger partial charge in [0.1, 0.15) is 17.3 Å². The topological polar surface area (TPSA) is 198 Å². The molecule has 0 saturated carbocycles. The molecule has 272 valence electrons. The van der Waals surface area contributed by atoms with E-state index in [4.69, 9.17) is 68.2 Å². The lowest BCUT2D eigenvalue weighted by molar-refractivity contribution is 0.426. The van der Waals surface area contributed by atoms with E-state index in [1.165, 1.54) is 18.5 Å². The van der Waals surface area contributed by atoms with E-state index < -0.39 is 7.12 Å². The standard InChI is InChI=1S/C20H12ClN5.C13H8Cl2N4.C7H6BNO2/c21-16-9-15(8-14-5-2-6-24-18(14)16)19-20(26-17(23)11-25-19)13-4-1-3-12(7-13)10-22;14-9-5-8(4-7-2-1-3-17-11(7)9)12-13(15)19-10(16)6-18-12;1-9-7-4-2-3-6(5-7)8(10)11/h1-9,11H,(H2,23,26);1-6H,(H2,16,19);2-5,10-11H. The van der Waals surface area contributed by atoms with Crippen LogP contribution in [0.1, 0.15) is 5.56 Å². The van der Waals surface area contributed by atoms with Crippen molar-refractivity contribution in [2.45, 2.75) is 0 Å². The molecule has 8 rings (SSSR count). The molecule has 6 N–H and O–H groups in total. The number of hydrogen-bond donors (Lipinski definition) is 4. The molecule has 8 aromatic rings. The van der Waals surface area contributed by atoms with Gasteiger partial charge in [0, 0.05) is 39.9 Å². The first-order valence-electron chi connectivity index (χ1n) is 16.4.